The Kier molecular flexibility index (Phi) is 6.81. The second-order valence-corrected chi connectivity index (χ2v) is 3.71. The molecule has 0 aromatic heterocycles. The lowest BCUT2D eigenvalue weighted by Crippen LogP contribution is -1.90. The third kappa shape index (κ3) is 9.04. The first-order valence-electron chi connectivity index (χ1n) is 5.04. The average molecular weight is 196 g/mol. The van der Waals surface area contributed by atoms with Gasteiger partial charge in [0, 0.05) is 12.8 Å². The monoisotopic (exact) mass is 196 g/mol. The summed E-state index contributed by atoms with van der Waals surface area (Å²) in [5, 5.41) is 8.83. The molecule has 1 N–H and O–H groups in total. The molecule has 0 saturated carbocycles. The summed E-state index contributed by atoms with van der Waals surface area (Å²) in [6.07, 6.45) is 6.16. The molecule has 0 aliphatic rings. The molecule has 0 saturated heterocycles. The van der Waals surface area contributed by atoms with E-state index in [0.29, 0.717) is 12.8 Å². The number of aliphatic hydroxyl groups is 1. The summed E-state index contributed by atoms with van der Waals surface area (Å²) in [5.41, 5.74) is 1.25. The van der Waals surface area contributed by atoms with Gasteiger partial charge in [0.2, 0.25) is 0 Å². The molecule has 0 fully saturated rings. The molecule has 0 heterocycles. The van der Waals surface area contributed by atoms with Crippen molar-refractivity contribution in [2.75, 3.05) is 0 Å². The van der Waals surface area contributed by atoms with E-state index in [-0.39, 0.29) is 11.5 Å². The van der Waals surface area contributed by atoms with E-state index < -0.39 is 0 Å². The molecule has 0 bridgehead atoms. The van der Waals surface area contributed by atoms with E-state index in [2.05, 4.69) is 12.7 Å². The molecule has 0 spiro atoms. The molecule has 80 valence electrons. The van der Waals surface area contributed by atoms with E-state index in [1.54, 1.807) is 6.92 Å². The minimum Gasteiger partial charge on any atom is -0.513 e. The van der Waals surface area contributed by atoms with Crippen LogP contribution in [0.4, 0.5) is 0 Å². The van der Waals surface area contributed by atoms with Gasteiger partial charge in [-0.25, -0.2) is 0 Å². The fourth-order valence-electron chi connectivity index (χ4n) is 1.13. The summed E-state index contributed by atoms with van der Waals surface area (Å²) in [6.45, 7) is 7.07. The summed E-state index contributed by atoms with van der Waals surface area (Å²) < 4.78 is 0. The highest BCUT2D eigenvalue weighted by Crippen LogP contribution is 2.09. The number of ketones is 1. The third-order valence-electron chi connectivity index (χ3n) is 2.03. The van der Waals surface area contributed by atoms with Crippen LogP contribution >= 0.6 is 0 Å². The van der Waals surface area contributed by atoms with Crippen molar-refractivity contribution < 1.29 is 9.90 Å². The molecule has 0 rings (SSSR count). The lowest BCUT2D eigenvalue weighted by molar-refractivity contribution is -0.116. The summed E-state index contributed by atoms with van der Waals surface area (Å²) in [7, 11) is 0. The molecule has 0 aromatic rings. The van der Waals surface area contributed by atoms with Gasteiger partial charge in [0.05, 0.1) is 5.76 Å². The first-order chi connectivity index (χ1) is 6.52. The minimum absolute atomic E-state index is 0.237. The van der Waals surface area contributed by atoms with E-state index in [9.17, 15) is 4.79 Å². The van der Waals surface area contributed by atoms with Gasteiger partial charge in [-0.15, -0.1) is 0 Å². The van der Waals surface area contributed by atoms with E-state index in [1.165, 1.54) is 5.57 Å². The molecule has 0 aliphatic carbocycles. The highest BCUT2D eigenvalue weighted by Gasteiger charge is 1.95. The second-order valence-electron chi connectivity index (χ2n) is 3.71. The SMILES string of the molecule is C=C(O)CCC/C=C(\C)CCC(C)=O. The van der Waals surface area contributed by atoms with Gasteiger partial charge in [-0.05, 0) is 33.1 Å². The molecule has 0 radical (unpaired) electrons. The zero-order valence-electron chi connectivity index (χ0n) is 9.18. The van der Waals surface area contributed by atoms with Crippen LogP contribution in [0.5, 0.6) is 0 Å². The van der Waals surface area contributed by atoms with Crippen molar-refractivity contribution in [2.24, 2.45) is 0 Å². The van der Waals surface area contributed by atoms with Gasteiger partial charge < -0.3 is 9.90 Å². The molecule has 14 heavy (non-hydrogen) atoms. The third-order valence-corrected chi connectivity index (χ3v) is 2.03. The van der Waals surface area contributed by atoms with Crippen LogP contribution in [0, 0.1) is 0 Å². The maximum Gasteiger partial charge on any atom is 0.130 e. The van der Waals surface area contributed by atoms with Crippen molar-refractivity contribution in [2.45, 2.75) is 46.0 Å². The Labute approximate surface area is 86.3 Å². The number of Topliss-reactive ketones (excluding diaryl/α,β-unsaturated/α-hetero) is 1. The molecule has 0 atom stereocenters. The predicted octanol–water partition coefficient (Wildman–Crippen LogP) is 3.54. The quantitative estimate of drug-likeness (QED) is 0.384. The molecule has 0 aliphatic heterocycles. The van der Waals surface area contributed by atoms with Crippen LogP contribution in [-0.2, 0) is 4.79 Å². The topological polar surface area (TPSA) is 37.3 Å². The number of hydrogen-bond donors (Lipinski definition) is 1. The van der Waals surface area contributed by atoms with Crippen LogP contribution in [0.15, 0.2) is 24.0 Å². The van der Waals surface area contributed by atoms with Gasteiger partial charge >= 0.3 is 0 Å². The summed E-state index contributed by atoms with van der Waals surface area (Å²) in [5.74, 6) is 0.487. The summed E-state index contributed by atoms with van der Waals surface area (Å²) >= 11 is 0. The molecule has 2 nitrogen and oxygen atoms in total. The lowest BCUT2D eigenvalue weighted by atomic mass is 10.1. The number of aliphatic hydroxyl groups excluding tert-OH is 1. The van der Waals surface area contributed by atoms with Crippen LogP contribution in [0.2, 0.25) is 0 Å². The Balaban J connectivity index is 3.55. The standard InChI is InChI=1S/C12H20O2/c1-10(8-9-12(3)14)6-4-5-7-11(2)13/h6,13H,2,4-5,7-9H2,1,3H3/b10-6+. The van der Waals surface area contributed by atoms with Gasteiger partial charge in [0.1, 0.15) is 5.78 Å². The fourth-order valence-corrected chi connectivity index (χ4v) is 1.13. The minimum atomic E-state index is 0.237. The number of unbranched alkanes of at least 4 members (excludes halogenated alkanes) is 1. The van der Waals surface area contributed by atoms with E-state index in [0.717, 1.165) is 19.3 Å². The van der Waals surface area contributed by atoms with Gasteiger partial charge in [0.25, 0.3) is 0 Å². The summed E-state index contributed by atoms with van der Waals surface area (Å²) in [6, 6.07) is 0. The summed E-state index contributed by atoms with van der Waals surface area (Å²) in [4.78, 5) is 10.7. The van der Waals surface area contributed by atoms with Crippen molar-refractivity contribution in [3.05, 3.63) is 24.0 Å². The second kappa shape index (κ2) is 7.36. The first kappa shape index (κ1) is 12.9. The Morgan fingerprint density at radius 1 is 1.29 bits per heavy atom. The lowest BCUT2D eigenvalue weighted by Gasteiger charge is -1.99. The smallest absolute Gasteiger partial charge is 0.130 e. The predicted molar refractivity (Wildman–Crippen MR) is 59.3 cm³/mol. The fraction of sp³-hybridized carbons (Fsp3) is 0.583. The molecular weight excluding hydrogens is 176 g/mol. The van der Waals surface area contributed by atoms with Crippen LogP contribution in [-0.4, -0.2) is 10.9 Å². The highest BCUT2D eigenvalue weighted by molar-refractivity contribution is 5.75. The molecule has 2 heteroatoms. The van der Waals surface area contributed by atoms with Crippen molar-refractivity contribution in [1.82, 2.24) is 0 Å². The number of carbonyl (C=O) groups is 1. The molecule has 0 aromatic carbocycles. The Hall–Kier alpha value is -1.05. The van der Waals surface area contributed by atoms with Crippen molar-refractivity contribution >= 4 is 5.78 Å². The van der Waals surface area contributed by atoms with Crippen molar-refractivity contribution in [3.8, 4) is 0 Å². The van der Waals surface area contributed by atoms with Gasteiger partial charge in [-0.3, -0.25) is 0 Å². The van der Waals surface area contributed by atoms with Crippen LogP contribution in [0.25, 0.3) is 0 Å². The Bertz CT molecular complexity index is 226. The Morgan fingerprint density at radius 2 is 1.93 bits per heavy atom. The van der Waals surface area contributed by atoms with E-state index >= 15 is 0 Å². The van der Waals surface area contributed by atoms with Gasteiger partial charge in [-0.1, -0.05) is 18.2 Å². The number of rotatable bonds is 7. The van der Waals surface area contributed by atoms with Gasteiger partial charge in [0.15, 0.2) is 0 Å². The van der Waals surface area contributed by atoms with Crippen LogP contribution in [0.3, 0.4) is 0 Å². The molecular formula is C12H20O2. The highest BCUT2D eigenvalue weighted by atomic mass is 16.3. The first-order valence-corrected chi connectivity index (χ1v) is 5.04. The average Bonchev–Trinajstić information content (AvgIpc) is 2.08. The zero-order valence-corrected chi connectivity index (χ0v) is 9.18. The number of carbonyl (C=O) groups excluding carboxylic acids is 1. The number of allylic oxidation sites excluding steroid dienone is 3. The van der Waals surface area contributed by atoms with E-state index in [1.807, 2.05) is 6.92 Å². The largest absolute Gasteiger partial charge is 0.513 e. The van der Waals surface area contributed by atoms with Crippen LogP contribution in [0.1, 0.15) is 46.0 Å². The normalized spacial score (nSPS) is 11.4. The number of hydrogen-bond acceptors (Lipinski definition) is 2. The maximum atomic E-state index is 10.7. The van der Waals surface area contributed by atoms with Crippen molar-refractivity contribution in [3.63, 3.8) is 0 Å². The zero-order chi connectivity index (χ0) is 11.0. The van der Waals surface area contributed by atoms with Crippen LogP contribution < -0.4 is 0 Å². The van der Waals surface area contributed by atoms with E-state index in [4.69, 9.17) is 5.11 Å². The maximum absolute atomic E-state index is 10.7. The molecule has 0 amide bonds. The van der Waals surface area contributed by atoms with Gasteiger partial charge in [-0.2, -0.15) is 0 Å². The van der Waals surface area contributed by atoms with Crippen molar-refractivity contribution in [1.29, 1.82) is 0 Å². The Morgan fingerprint density at radius 3 is 2.43 bits per heavy atom. The molecule has 0 unspecified atom stereocenters.